The van der Waals surface area contributed by atoms with Crippen molar-refractivity contribution < 1.29 is 46.2 Å². The highest BCUT2D eigenvalue weighted by Crippen LogP contribution is 2.54. The lowest BCUT2D eigenvalue weighted by atomic mass is 9.80. The molecule has 4 heterocycles. The second-order valence-electron chi connectivity index (χ2n) is 18.6. The molecule has 1 unspecified atom stereocenters. The lowest BCUT2D eigenvalue weighted by molar-refractivity contribution is -0.0960. The Kier molecular flexibility index (Phi) is 16.2. The van der Waals surface area contributed by atoms with Crippen molar-refractivity contribution in [2.45, 2.75) is 108 Å². The normalized spacial score (nSPS) is 21.5. The van der Waals surface area contributed by atoms with Crippen molar-refractivity contribution in [3.63, 3.8) is 0 Å². The van der Waals surface area contributed by atoms with Gasteiger partial charge in [-0.15, -0.1) is 0 Å². The van der Waals surface area contributed by atoms with Crippen LogP contribution in [-0.4, -0.2) is 85.9 Å². The van der Waals surface area contributed by atoms with Gasteiger partial charge in [0.05, 0.1) is 52.6 Å². The first-order valence-electron chi connectivity index (χ1n) is 22.9. The average Bonchev–Trinajstić information content (AvgIpc) is 3.92. The number of hydrogen-bond donors (Lipinski definition) is 2. The summed E-state index contributed by atoms with van der Waals surface area (Å²) in [7, 11) is -4.02. The molecule has 0 bridgehead atoms. The first-order valence-corrected chi connectivity index (χ1v) is 27.2. The molecule has 2 aliphatic heterocycles. The summed E-state index contributed by atoms with van der Waals surface area (Å²) >= 11 is 0. The van der Waals surface area contributed by atoms with Gasteiger partial charge in [0.15, 0.2) is 8.32 Å². The number of nitrogens with one attached hydrogen (secondary N) is 1. The van der Waals surface area contributed by atoms with Crippen LogP contribution in [0.3, 0.4) is 0 Å². The number of H-pyrrole nitrogens is 1. The summed E-state index contributed by atoms with van der Waals surface area (Å²) in [4.78, 5) is 45.1. The number of hydrogen-bond acceptors (Lipinski definition) is 16. The Morgan fingerprint density at radius 1 is 0.829 bits per heavy atom. The number of methoxy groups -OCH3 is 2. The molecule has 3 N–H and O–H groups in total. The van der Waals surface area contributed by atoms with Gasteiger partial charge in [-0.2, -0.15) is 10.2 Å². The van der Waals surface area contributed by atoms with Gasteiger partial charge in [0.2, 0.25) is 0 Å². The minimum absolute atomic E-state index is 0.0513. The van der Waals surface area contributed by atoms with Crippen LogP contribution in [0.5, 0.6) is 11.5 Å². The van der Waals surface area contributed by atoms with Gasteiger partial charge in [-0.05, 0) is 72.1 Å². The maximum atomic E-state index is 15.2. The van der Waals surface area contributed by atoms with E-state index in [9.17, 15) is 19.6 Å². The molecule has 5 aromatic rings. The van der Waals surface area contributed by atoms with E-state index in [0.29, 0.717) is 11.5 Å². The van der Waals surface area contributed by atoms with E-state index in [1.807, 2.05) is 84.9 Å². The average molecular weight is 1000 g/mol. The molecular formula is C49H61N6O13PSi. The second kappa shape index (κ2) is 21.7. The Morgan fingerprint density at radius 3 is 1.97 bits per heavy atom. The highest BCUT2D eigenvalue weighted by Gasteiger charge is 2.49. The molecule has 2 fully saturated rings. The zero-order valence-electron chi connectivity index (χ0n) is 40.6. The Balaban J connectivity index is 1.26. The molecule has 3 aromatic carbocycles. The summed E-state index contributed by atoms with van der Waals surface area (Å²) < 4.78 is 74.3. The Labute approximate surface area is 407 Å². The minimum atomic E-state index is -4.69. The number of nitrogens with two attached hydrogens (primary N) is 1. The van der Waals surface area contributed by atoms with E-state index in [4.69, 9.17) is 47.4 Å². The van der Waals surface area contributed by atoms with Gasteiger partial charge in [0, 0.05) is 30.8 Å². The molecule has 374 valence electrons. The van der Waals surface area contributed by atoms with E-state index in [-0.39, 0.29) is 55.5 Å². The van der Waals surface area contributed by atoms with Gasteiger partial charge < -0.3 is 33.8 Å². The van der Waals surface area contributed by atoms with E-state index in [1.165, 1.54) is 27.6 Å². The molecule has 2 saturated heterocycles. The smallest absolute Gasteiger partial charge is 0.475 e. The molecule has 19 nitrogen and oxygen atoms in total. The number of phosphoric acid groups is 1. The van der Waals surface area contributed by atoms with Crippen LogP contribution >= 0.6 is 7.82 Å². The second-order valence-corrected chi connectivity index (χ2v) is 25.0. The third kappa shape index (κ3) is 11.6. The van der Waals surface area contributed by atoms with Gasteiger partial charge in [-0.1, -0.05) is 75.4 Å². The van der Waals surface area contributed by atoms with Crippen molar-refractivity contribution >= 4 is 22.0 Å². The lowest BCUT2D eigenvalue weighted by Crippen LogP contribution is -2.46. The van der Waals surface area contributed by atoms with Crippen LogP contribution in [0.15, 0.2) is 112 Å². The molecule has 70 heavy (non-hydrogen) atoms. The van der Waals surface area contributed by atoms with Crippen LogP contribution in [0, 0.1) is 18.3 Å². The Bertz CT molecular complexity index is 2800. The molecule has 7 atom stereocenters. The SMILES string of the molecule is COc1ccc(C(OC[C@H]2O[C@@H](n3cc(C)c(=O)[nH]c3=O)C[C@@H]2OP(=O)(OCCC#N)OC[C@H]2O[C@@H](n3ccc(N)nc3=O)C[C@@H]2O[Si](C)(C)C(C)(C)C)(c2ccccc2)c2ccc(OC)cc2)cc1. The maximum Gasteiger partial charge on any atom is 0.475 e. The lowest BCUT2D eigenvalue weighted by Gasteiger charge is -2.39. The molecule has 0 radical (unpaired) electrons. The van der Waals surface area contributed by atoms with Crippen molar-refractivity contribution in [3.05, 3.63) is 151 Å². The Morgan fingerprint density at radius 2 is 1.40 bits per heavy atom. The number of phosphoric ester groups is 1. The molecule has 2 aliphatic rings. The predicted octanol–water partition coefficient (Wildman–Crippen LogP) is 7.12. The van der Waals surface area contributed by atoms with Crippen molar-refractivity contribution in [1.29, 1.82) is 5.26 Å². The summed E-state index contributed by atoms with van der Waals surface area (Å²) in [6, 6.07) is 27.9. The first kappa shape index (κ1) is 52.1. The number of rotatable bonds is 20. The van der Waals surface area contributed by atoms with E-state index < -0.39 is 75.6 Å². The molecule has 0 amide bonds. The fourth-order valence-electron chi connectivity index (χ4n) is 8.19. The molecule has 0 aliphatic carbocycles. The molecule has 21 heteroatoms. The van der Waals surface area contributed by atoms with E-state index >= 15 is 4.57 Å². The van der Waals surface area contributed by atoms with E-state index in [1.54, 1.807) is 21.1 Å². The number of aromatic amines is 1. The summed E-state index contributed by atoms with van der Waals surface area (Å²) in [6.07, 6.45) is -2.82. The largest absolute Gasteiger partial charge is 0.497 e. The molecule has 2 aromatic heterocycles. The topological polar surface area (TPSA) is 240 Å². The number of ether oxygens (including phenoxy) is 5. The number of nitriles is 1. The maximum absolute atomic E-state index is 15.2. The van der Waals surface area contributed by atoms with Crippen molar-refractivity contribution in [1.82, 2.24) is 19.1 Å². The number of nitrogen functional groups attached to an aromatic ring is 1. The third-order valence-electron chi connectivity index (χ3n) is 13.0. The highest BCUT2D eigenvalue weighted by molar-refractivity contribution is 7.48. The van der Waals surface area contributed by atoms with Gasteiger partial charge >= 0.3 is 19.2 Å². The molecular weight excluding hydrogens is 940 g/mol. The summed E-state index contributed by atoms with van der Waals surface area (Å²) in [5, 5.41) is 9.30. The van der Waals surface area contributed by atoms with Crippen molar-refractivity contribution in [2.24, 2.45) is 0 Å². The number of aromatic nitrogens is 4. The standard InChI is InChI=1S/C49H61N6O13PSi/c1-32-29-55(47(58)53-45(32)56)44-27-38(40(65-44)30-62-49(33-13-10-9-11-14-33,34-15-19-36(60-5)20-16-34)35-17-21-37(61-6)22-18-35)67-69(59,63-26-12-24-50)64-31-41-39(68-70(7,8)48(2,3)4)28-43(66-41)54-25-23-42(51)52-46(54)57/h9-11,13-23,25,29,38-41,43-44H,12,26-28,30-31H2,1-8H3,(H2,51,52,57)(H,53,56,58)/t38-,39-,40+,41+,43+,44+,69?/m0/s1. The van der Waals surface area contributed by atoms with Crippen LogP contribution < -0.4 is 32.1 Å². The minimum Gasteiger partial charge on any atom is -0.497 e. The zero-order valence-corrected chi connectivity index (χ0v) is 42.5. The van der Waals surface area contributed by atoms with Gasteiger partial charge in [-0.25, -0.2) is 14.2 Å². The number of benzene rings is 3. The quantitative estimate of drug-likeness (QED) is 0.0342. The van der Waals surface area contributed by atoms with Crippen molar-refractivity contribution in [3.8, 4) is 17.6 Å². The monoisotopic (exact) mass is 1000 g/mol. The summed E-state index contributed by atoms with van der Waals surface area (Å²) in [5.41, 5.74) is 4.99. The number of aryl methyl sites for hydroxylation is 1. The molecule has 0 saturated carbocycles. The van der Waals surface area contributed by atoms with Crippen LogP contribution in [0.2, 0.25) is 18.1 Å². The fraction of sp³-hybridized carbons (Fsp3) is 0.449. The number of nitrogens with zero attached hydrogens (tertiary/aromatic N) is 4. The number of anilines is 1. The fourth-order valence-corrected chi connectivity index (χ4v) is 10.9. The molecule has 0 spiro atoms. The predicted molar refractivity (Wildman–Crippen MR) is 261 cm³/mol. The van der Waals surface area contributed by atoms with Crippen LogP contribution in [-0.2, 0) is 42.4 Å². The van der Waals surface area contributed by atoms with Crippen molar-refractivity contribution in [2.75, 3.05) is 39.8 Å². The summed E-state index contributed by atoms with van der Waals surface area (Å²) in [6.45, 7) is 11.0. The summed E-state index contributed by atoms with van der Waals surface area (Å²) in [5.74, 6) is 1.30. The van der Waals surface area contributed by atoms with Gasteiger partial charge in [0.25, 0.3) is 5.56 Å². The van der Waals surface area contributed by atoms with Crippen LogP contribution in [0.4, 0.5) is 5.82 Å². The molecule has 7 rings (SSSR count). The van der Waals surface area contributed by atoms with Gasteiger partial charge in [-0.3, -0.25) is 32.5 Å². The highest BCUT2D eigenvalue weighted by atomic mass is 31.2. The third-order valence-corrected chi connectivity index (χ3v) is 19.0. The van der Waals surface area contributed by atoms with Gasteiger partial charge in [0.1, 0.15) is 53.7 Å². The van der Waals surface area contributed by atoms with Crippen LogP contribution in [0.25, 0.3) is 0 Å². The first-order chi connectivity index (χ1) is 33.3. The van der Waals surface area contributed by atoms with E-state index in [0.717, 1.165) is 16.7 Å². The van der Waals surface area contributed by atoms with E-state index in [2.05, 4.69) is 43.8 Å². The van der Waals surface area contributed by atoms with Crippen LogP contribution in [0.1, 0.15) is 74.7 Å². The Hall–Kier alpha value is -5.72. The zero-order chi connectivity index (χ0) is 50.4.